The first-order chi connectivity index (χ1) is 11.5. The molecule has 0 fully saturated rings. The van der Waals surface area contributed by atoms with E-state index in [2.05, 4.69) is 15.7 Å². The molecule has 128 valence electrons. The molecule has 0 unspecified atom stereocenters. The zero-order valence-corrected chi connectivity index (χ0v) is 13.8. The molecule has 2 amide bonds. The molecule has 8 nitrogen and oxygen atoms in total. The van der Waals surface area contributed by atoms with E-state index in [1.807, 2.05) is 0 Å². The van der Waals surface area contributed by atoms with Gasteiger partial charge in [-0.1, -0.05) is 0 Å². The molecule has 8 heteroatoms. The van der Waals surface area contributed by atoms with Crippen LogP contribution in [0.25, 0.3) is 0 Å². The van der Waals surface area contributed by atoms with Gasteiger partial charge in [-0.25, -0.2) is 0 Å². The molecule has 0 bridgehead atoms. The number of rotatable bonds is 7. The summed E-state index contributed by atoms with van der Waals surface area (Å²) in [5, 5.41) is 9.34. The van der Waals surface area contributed by atoms with Crippen LogP contribution in [0.2, 0.25) is 0 Å². The van der Waals surface area contributed by atoms with Crippen molar-refractivity contribution in [3.8, 4) is 11.5 Å². The highest BCUT2D eigenvalue weighted by Crippen LogP contribution is 2.28. The number of carbonyl (C=O) groups is 2. The lowest BCUT2D eigenvalue weighted by Crippen LogP contribution is -2.29. The van der Waals surface area contributed by atoms with Gasteiger partial charge in [-0.05, 0) is 18.2 Å². The molecule has 2 N–H and O–H groups in total. The van der Waals surface area contributed by atoms with E-state index in [0.717, 1.165) is 0 Å². The van der Waals surface area contributed by atoms with Crippen molar-refractivity contribution in [2.24, 2.45) is 7.05 Å². The molecule has 1 heterocycles. The van der Waals surface area contributed by atoms with E-state index in [-0.39, 0.29) is 24.8 Å². The highest BCUT2D eigenvalue weighted by atomic mass is 16.5. The Labute approximate surface area is 139 Å². The molecule has 0 saturated carbocycles. The van der Waals surface area contributed by atoms with Crippen molar-refractivity contribution in [1.29, 1.82) is 0 Å². The summed E-state index contributed by atoms with van der Waals surface area (Å²) in [6.45, 7) is 0.210. The summed E-state index contributed by atoms with van der Waals surface area (Å²) in [4.78, 5) is 23.9. The third kappa shape index (κ3) is 4.25. The Morgan fingerprint density at radius 2 is 2.00 bits per heavy atom. The molecule has 24 heavy (non-hydrogen) atoms. The number of hydrogen-bond acceptors (Lipinski definition) is 5. The highest BCUT2D eigenvalue weighted by molar-refractivity contribution is 5.94. The number of hydrogen-bond donors (Lipinski definition) is 2. The average Bonchev–Trinajstić information content (AvgIpc) is 3.00. The predicted molar refractivity (Wildman–Crippen MR) is 88.3 cm³/mol. The molecular weight excluding hydrogens is 312 g/mol. The lowest BCUT2D eigenvalue weighted by atomic mass is 10.2. The van der Waals surface area contributed by atoms with Gasteiger partial charge >= 0.3 is 0 Å². The van der Waals surface area contributed by atoms with E-state index in [1.54, 1.807) is 38.4 Å². The van der Waals surface area contributed by atoms with Crippen molar-refractivity contribution in [3.05, 3.63) is 36.2 Å². The second-order valence-corrected chi connectivity index (χ2v) is 4.96. The third-order valence-electron chi connectivity index (χ3n) is 3.37. The number of ether oxygens (including phenoxy) is 2. The van der Waals surface area contributed by atoms with Crippen LogP contribution in [-0.4, -0.2) is 42.4 Å². The summed E-state index contributed by atoms with van der Waals surface area (Å²) in [6.07, 6.45) is 1.67. The molecule has 1 aromatic heterocycles. The Bertz CT molecular complexity index is 727. The van der Waals surface area contributed by atoms with Crippen molar-refractivity contribution < 1.29 is 19.1 Å². The zero-order valence-electron chi connectivity index (χ0n) is 13.8. The van der Waals surface area contributed by atoms with Crippen LogP contribution in [0.3, 0.4) is 0 Å². The summed E-state index contributed by atoms with van der Waals surface area (Å²) in [5.41, 5.74) is 0.949. The molecule has 0 radical (unpaired) electrons. The van der Waals surface area contributed by atoms with Crippen LogP contribution in [0.15, 0.2) is 30.5 Å². The Morgan fingerprint density at radius 1 is 1.21 bits per heavy atom. The monoisotopic (exact) mass is 332 g/mol. The third-order valence-corrected chi connectivity index (χ3v) is 3.37. The van der Waals surface area contributed by atoms with Crippen LogP contribution in [-0.2, 0) is 11.8 Å². The largest absolute Gasteiger partial charge is 0.497 e. The number of methoxy groups -OCH3 is 2. The Morgan fingerprint density at radius 3 is 2.62 bits per heavy atom. The number of amides is 2. The van der Waals surface area contributed by atoms with Gasteiger partial charge in [0.2, 0.25) is 5.91 Å². The van der Waals surface area contributed by atoms with Gasteiger partial charge in [-0.3, -0.25) is 14.3 Å². The molecular formula is C16H20N4O4. The number of carbonyl (C=O) groups excluding carboxylic acids is 2. The first-order valence-corrected chi connectivity index (χ1v) is 7.33. The quantitative estimate of drug-likeness (QED) is 0.794. The lowest BCUT2D eigenvalue weighted by Gasteiger charge is -2.12. The fourth-order valence-electron chi connectivity index (χ4n) is 2.10. The molecule has 0 spiro atoms. The Kier molecular flexibility index (Phi) is 5.78. The van der Waals surface area contributed by atoms with Crippen LogP contribution in [0.1, 0.15) is 16.9 Å². The second-order valence-electron chi connectivity index (χ2n) is 4.96. The first kappa shape index (κ1) is 17.3. The van der Waals surface area contributed by atoms with Gasteiger partial charge < -0.3 is 20.1 Å². The SMILES string of the molecule is COc1ccc(OC)c(NC(=O)CCNC(=O)c2ccnn2C)c1. The van der Waals surface area contributed by atoms with Gasteiger partial charge in [-0.15, -0.1) is 0 Å². The highest BCUT2D eigenvalue weighted by Gasteiger charge is 2.12. The maximum Gasteiger partial charge on any atom is 0.269 e. The number of aryl methyl sites for hydroxylation is 1. The van der Waals surface area contributed by atoms with Crippen molar-refractivity contribution in [2.45, 2.75) is 6.42 Å². The summed E-state index contributed by atoms with van der Waals surface area (Å²) < 4.78 is 11.8. The minimum absolute atomic E-state index is 0.129. The smallest absolute Gasteiger partial charge is 0.269 e. The zero-order chi connectivity index (χ0) is 17.5. The normalized spacial score (nSPS) is 10.1. The first-order valence-electron chi connectivity index (χ1n) is 7.33. The topological polar surface area (TPSA) is 94.5 Å². The van der Waals surface area contributed by atoms with Crippen molar-refractivity contribution in [3.63, 3.8) is 0 Å². The van der Waals surface area contributed by atoms with E-state index in [1.165, 1.54) is 18.0 Å². The fourth-order valence-corrected chi connectivity index (χ4v) is 2.10. The van der Waals surface area contributed by atoms with Gasteiger partial charge in [0.1, 0.15) is 17.2 Å². The molecule has 1 aromatic carbocycles. The van der Waals surface area contributed by atoms with Crippen LogP contribution < -0.4 is 20.1 Å². The minimum atomic E-state index is -0.276. The standard InChI is InChI=1S/C16H20N4O4/c1-20-13(6-9-18-20)16(22)17-8-7-15(21)19-12-10-11(23-2)4-5-14(12)24-3/h4-6,9-10H,7-8H2,1-3H3,(H,17,22)(H,19,21). The van der Waals surface area contributed by atoms with E-state index in [0.29, 0.717) is 22.9 Å². The Hall–Kier alpha value is -3.03. The van der Waals surface area contributed by atoms with E-state index in [9.17, 15) is 9.59 Å². The lowest BCUT2D eigenvalue weighted by molar-refractivity contribution is -0.116. The van der Waals surface area contributed by atoms with Crippen molar-refractivity contribution >= 4 is 17.5 Å². The van der Waals surface area contributed by atoms with Crippen LogP contribution in [0, 0.1) is 0 Å². The summed E-state index contributed by atoms with van der Waals surface area (Å²) >= 11 is 0. The maximum atomic E-state index is 12.0. The summed E-state index contributed by atoms with van der Waals surface area (Å²) in [7, 11) is 4.74. The number of nitrogens with zero attached hydrogens (tertiary/aromatic N) is 2. The number of nitrogens with one attached hydrogen (secondary N) is 2. The van der Waals surface area contributed by atoms with Gasteiger partial charge in [0, 0.05) is 32.3 Å². The van der Waals surface area contributed by atoms with E-state index >= 15 is 0 Å². The van der Waals surface area contributed by atoms with E-state index < -0.39 is 0 Å². The maximum absolute atomic E-state index is 12.0. The molecule has 0 saturated heterocycles. The molecule has 0 aliphatic heterocycles. The summed E-state index contributed by atoms with van der Waals surface area (Å²) in [5.74, 6) is 0.618. The van der Waals surface area contributed by atoms with Gasteiger partial charge in [0.15, 0.2) is 0 Å². The molecule has 2 rings (SSSR count). The van der Waals surface area contributed by atoms with Crippen LogP contribution in [0.4, 0.5) is 5.69 Å². The van der Waals surface area contributed by atoms with Crippen molar-refractivity contribution in [1.82, 2.24) is 15.1 Å². The van der Waals surface area contributed by atoms with Gasteiger partial charge in [0.05, 0.1) is 19.9 Å². The number of aromatic nitrogens is 2. The number of benzene rings is 1. The Balaban J connectivity index is 1.87. The average molecular weight is 332 g/mol. The molecule has 0 aliphatic carbocycles. The fraction of sp³-hybridized carbons (Fsp3) is 0.312. The van der Waals surface area contributed by atoms with E-state index in [4.69, 9.17) is 9.47 Å². The van der Waals surface area contributed by atoms with Gasteiger partial charge in [0.25, 0.3) is 5.91 Å². The van der Waals surface area contributed by atoms with Crippen LogP contribution in [0.5, 0.6) is 11.5 Å². The predicted octanol–water partition coefficient (Wildman–Crippen LogP) is 1.20. The van der Waals surface area contributed by atoms with Crippen LogP contribution >= 0.6 is 0 Å². The molecule has 0 aliphatic rings. The molecule has 2 aromatic rings. The minimum Gasteiger partial charge on any atom is -0.497 e. The van der Waals surface area contributed by atoms with Gasteiger partial charge in [-0.2, -0.15) is 5.10 Å². The number of anilines is 1. The van der Waals surface area contributed by atoms with Crippen molar-refractivity contribution in [2.75, 3.05) is 26.1 Å². The summed E-state index contributed by atoms with van der Waals surface area (Å²) in [6, 6.07) is 6.72. The molecule has 0 atom stereocenters. The second kappa shape index (κ2) is 8.00.